The average molecular weight is 139 g/mol. The monoisotopic (exact) mass is 139 g/mol. The third-order valence-corrected chi connectivity index (χ3v) is 1.80. The predicted octanol–water partition coefficient (Wildman–Crippen LogP) is -0.824. The highest BCUT2D eigenvalue weighted by atomic mass is 16.2. The van der Waals surface area contributed by atoms with Crippen molar-refractivity contribution in [1.29, 1.82) is 0 Å². The van der Waals surface area contributed by atoms with E-state index in [1.807, 2.05) is 6.21 Å². The zero-order valence-corrected chi connectivity index (χ0v) is 5.58. The Morgan fingerprint density at radius 2 is 2.70 bits per heavy atom. The first kappa shape index (κ1) is 5.85. The van der Waals surface area contributed by atoms with Crippen LogP contribution in [0.25, 0.3) is 0 Å². The van der Waals surface area contributed by atoms with Crippen molar-refractivity contribution in [2.45, 2.75) is 12.7 Å². The molecule has 0 aromatic heterocycles. The predicted molar refractivity (Wildman–Crippen MR) is 36.6 cm³/mol. The Kier molecular flexibility index (Phi) is 1.20. The van der Waals surface area contributed by atoms with E-state index in [-0.39, 0.29) is 12.2 Å². The number of rotatable bonds is 0. The third-order valence-electron chi connectivity index (χ3n) is 1.80. The van der Waals surface area contributed by atoms with E-state index in [0.29, 0.717) is 6.54 Å². The Balaban J connectivity index is 2.19. The third kappa shape index (κ3) is 0.724. The number of hydrogen-bond acceptors (Lipinski definition) is 3. The average Bonchev–Trinajstić information content (AvgIpc) is 2.34. The maximum absolute atomic E-state index is 11.0. The Hall–Kier alpha value is -0.900. The zero-order valence-electron chi connectivity index (χ0n) is 5.58. The molecule has 1 saturated heterocycles. The van der Waals surface area contributed by atoms with Crippen LogP contribution < -0.4 is 5.32 Å². The van der Waals surface area contributed by atoms with E-state index in [0.717, 1.165) is 13.0 Å². The molecule has 2 heterocycles. The number of amides is 1. The smallest absolute Gasteiger partial charge is 0.239 e. The molecule has 0 spiro atoms. The molecule has 1 unspecified atom stereocenters. The van der Waals surface area contributed by atoms with Gasteiger partial charge in [-0.25, -0.2) is 0 Å². The molecule has 4 nitrogen and oxygen atoms in total. The van der Waals surface area contributed by atoms with Crippen molar-refractivity contribution in [1.82, 2.24) is 10.2 Å². The van der Waals surface area contributed by atoms with Gasteiger partial charge in [-0.05, 0) is 0 Å². The van der Waals surface area contributed by atoms with Crippen molar-refractivity contribution in [3.63, 3.8) is 0 Å². The van der Waals surface area contributed by atoms with Crippen LogP contribution in [0.15, 0.2) is 4.99 Å². The topological polar surface area (TPSA) is 44.7 Å². The van der Waals surface area contributed by atoms with Crippen LogP contribution >= 0.6 is 0 Å². The summed E-state index contributed by atoms with van der Waals surface area (Å²) < 4.78 is 0. The van der Waals surface area contributed by atoms with Crippen LogP contribution in [-0.2, 0) is 4.79 Å². The van der Waals surface area contributed by atoms with Crippen LogP contribution in [-0.4, -0.2) is 36.4 Å². The molecule has 0 aliphatic carbocycles. The summed E-state index contributed by atoms with van der Waals surface area (Å²) in [6.07, 6.45) is 2.71. The summed E-state index contributed by atoms with van der Waals surface area (Å²) in [6.45, 7) is 1.27. The van der Waals surface area contributed by atoms with E-state index in [2.05, 4.69) is 10.3 Å². The number of hydrogen-bond donors (Lipinski definition) is 1. The Morgan fingerprint density at radius 3 is 3.50 bits per heavy atom. The molecule has 0 aromatic carbocycles. The zero-order chi connectivity index (χ0) is 6.97. The van der Waals surface area contributed by atoms with Gasteiger partial charge < -0.3 is 4.90 Å². The fourth-order valence-corrected chi connectivity index (χ4v) is 1.28. The lowest BCUT2D eigenvalue weighted by atomic mass is 10.4. The van der Waals surface area contributed by atoms with Crippen LogP contribution in [0.1, 0.15) is 6.42 Å². The molecule has 2 aliphatic heterocycles. The second kappa shape index (κ2) is 2.05. The summed E-state index contributed by atoms with van der Waals surface area (Å²) in [5, 5.41) is 2.99. The molecular weight excluding hydrogens is 130 g/mol. The Bertz CT molecular complexity index is 189. The maximum Gasteiger partial charge on any atom is 0.239 e. The van der Waals surface area contributed by atoms with Crippen molar-refractivity contribution >= 4 is 12.1 Å². The molecule has 0 aromatic rings. The summed E-state index contributed by atoms with van der Waals surface area (Å²) in [5.41, 5.74) is 0. The van der Waals surface area contributed by atoms with E-state index in [1.165, 1.54) is 0 Å². The lowest BCUT2D eigenvalue weighted by Crippen LogP contribution is -2.39. The van der Waals surface area contributed by atoms with Crippen LogP contribution in [0.4, 0.5) is 0 Å². The minimum Gasteiger partial charge on any atom is -0.307 e. The van der Waals surface area contributed by atoms with Gasteiger partial charge in [-0.3, -0.25) is 15.1 Å². The van der Waals surface area contributed by atoms with Gasteiger partial charge >= 0.3 is 0 Å². The van der Waals surface area contributed by atoms with Gasteiger partial charge in [0.25, 0.3) is 0 Å². The van der Waals surface area contributed by atoms with Gasteiger partial charge in [-0.15, -0.1) is 0 Å². The molecule has 2 aliphatic rings. The maximum atomic E-state index is 11.0. The number of carbonyl (C=O) groups excluding carboxylic acids is 1. The van der Waals surface area contributed by atoms with Crippen LogP contribution in [0.5, 0.6) is 0 Å². The molecule has 0 radical (unpaired) electrons. The summed E-state index contributed by atoms with van der Waals surface area (Å²) in [4.78, 5) is 16.9. The highest BCUT2D eigenvalue weighted by molar-refractivity contribution is 5.81. The minimum absolute atomic E-state index is 0.0544. The van der Waals surface area contributed by atoms with E-state index < -0.39 is 0 Å². The largest absolute Gasteiger partial charge is 0.307 e. The molecule has 1 atom stereocenters. The highest BCUT2D eigenvalue weighted by Gasteiger charge is 2.30. The van der Waals surface area contributed by atoms with Gasteiger partial charge in [-0.2, -0.15) is 0 Å². The standard InChI is InChI=1S/C6H9N3O/c10-5-4-8-6-7-2-1-3-9(5)6/h2,6,8H,1,3-4H2. The van der Waals surface area contributed by atoms with Crippen molar-refractivity contribution in [3.05, 3.63) is 0 Å². The summed E-state index contributed by atoms with van der Waals surface area (Å²) in [5.74, 6) is 0.168. The lowest BCUT2D eigenvalue weighted by Gasteiger charge is -2.23. The number of fused-ring (bicyclic) bond motifs is 1. The summed E-state index contributed by atoms with van der Waals surface area (Å²) in [6, 6.07) is 0. The van der Waals surface area contributed by atoms with Crippen LogP contribution in [0.3, 0.4) is 0 Å². The van der Waals surface area contributed by atoms with E-state index in [9.17, 15) is 4.79 Å². The SMILES string of the molecule is O=C1CNC2N=CCCN12. The number of nitrogens with one attached hydrogen (secondary N) is 1. The molecule has 54 valence electrons. The first-order valence-electron chi connectivity index (χ1n) is 3.42. The molecule has 4 heteroatoms. The fourth-order valence-electron chi connectivity index (χ4n) is 1.28. The van der Waals surface area contributed by atoms with Gasteiger partial charge in [-0.1, -0.05) is 0 Å². The Morgan fingerprint density at radius 1 is 1.80 bits per heavy atom. The molecule has 1 fully saturated rings. The molecule has 0 saturated carbocycles. The first-order chi connectivity index (χ1) is 4.88. The highest BCUT2D eigenvalue weighted by Crippen LogP contribution is 2.09. The molecule has 10 heavy (non-hydrogen) atoms. The summed E-state index contributed by atoms with van der Waals surface area (Å²) in [7, 11) is 0. The lowest BCUT2D eigenvalue weighted by molar-refractivity contribution is -0.127. The quantitative estimate of drug-likeness (QED) is 0.476. The molecule has 2 rings (SSSR count). The van der Waals surface area contributed by atoms with Gasteiger partial charge in [0, 0.05) is 19.2 Å². The molecule has 0 bridgehead atoms. The number of nitrogens with zero attached hydrogens (tertiary/aromatic N) is 2. The van der Waals surface area contributed by atoms with Gasteiger partial charge in [0.05, 0.1) is 6.54 Å². The van der Waals surface area contributed by atoms with Crippen LogP contribution in [0.2, 0.25) is 0 Å². The van der Waals surface area contributed by atoms with Crippen molar-refractivity contribution in [3.8, 4) is 0 Å². The van der Waals surface area contributed by atoms with Crippen molar-refractivity contribution in [2.75, 3.05) is 13.1 Å². The summed E-state index contributed by atoms with van der Waals surface area (Å²) >= 11 is 0. The first-order valence-corrected chi connectivity index (χ1v) is 3.42. The van der Waals surface area contributed by atoms with Gasteiger partial charge in [0.1, 0.15) is 0 Å². The van der Waals surface area contributed by atoms with Crippen LogP contribution in [0, 0.1) is 0 Å². The van der Waals surface area contributed by atoms with E-state index >= 15 is 0 Å². The second-order valence-electron chi connectivity index (χ2n) is 2.46. The minimum atomic E-state index is -0.0544. The molecular formula is C6H9N3O. The van der Waals surface area contributed by atoms with E-state index in [1.54, 1.807) is 4.90 Å². The molecule has 1 amide bonds. The van der Waals surface area contributed by atoms with Crippen molar-refractivity contribution in [2.24, 2.45) is 4.99 Å². The van der Waals surface area contributed by atoms with E-state index in [4.69, 9.17) is 0 Å². The normalized spacial score (nSPS) is 31.0. The van der Waals surface area contributed by atoms with Gasteiger partial charge in [0.2, 0.25) is 5.91 Å². The number of aliphatic imine (C=N–C) groups is 1. The fraction of sp³-hybridized carbons (Fsp3) is 0.667. The van der Waals surface area contributed by atoms with Crippen molar-refractivity contribution < 1.29 is 4.79 Å². The van der Waals surface area contributed by atoms with Gasteiger partial charge in [0.15, 0.2) is 6.29 Å². The molecule has 1 N–H and O–H groups in total. The Labute approximate surface area is 58.9 Å². The second-order valence-corrected chi connectivity index (χ2v) is 2.46. The number of carbonyl (C=O) groups is 1.